The van der Waals surface area contributed by atoms with E-state index < -0.39 is 0 Å². The van der Waals surface area contributed by atoms with Gasteiger partial charge in [0.15, 0.2) is 5.96 Å². The van der Waals surface area contributed by atoms with E-state index in [1.54, 1.807) is 6.08 Å². The van der Waals surface area contributed by atoms with Gasteiger partial charge in [-0.1, -0.05) is 55.1 Å². The van der Waals surface area contributed by atoms with Crippen molar-refractivity contribution in [1.29, 1.82) is 0 Å². The second-order valence-electron chi connectivity index (χ2n) is 7.46. The summed E-state index contributed by atoms with van der Waals surface area (Å²) < 4.78 is 11.2. The maximum absolute atomic E-state index is 5.74. The average Bonchev–Trinajstić information content (AvgIpc) is 2.81. The molecule has 0 spiro atoms. The van der Waals surface area contributed by atoms with Gasteiger partial charge in [0.05, 0.1) is 19.8 Å². The Kier molecular flexibility index (Phi) is 9.41. The first-order valence-corrected chi connectivity index (χ1v) is 11.0. The van der Waals surface area contributed by atoms with Crippen LogP contribution >= 0.6 is 0 Å². The number of nitrogens with zero attached hydrogens (tertiary/aromatic N) is 2. The molecule has 166 valence electrons. The topological polar surface area (TPSA) is 58.1 Å². The minimum atomic E-state index is 0.493. The molecule has 1 fully saturated rings. The molecule has 0 radical (unpaired) electrons. The molecule has 6 heteroatoms. The van der Waals surface area contributed by atoms with Crippen LogP contribution in [0.4, 0.5) is 0 Å². The fraction of sp³-hybridized carbons (Fsp3) is 0.400. The number of para-hydroxylation sites is 1. The van der Waals surface area contributed by atoms with Crippen LogP contribution in [-0.2, 0) is 24.4 Å². The number of guanidine groups is 1. The molecule has 31 heavy (non-hydrogen) atoms. The maximum atomic E-state index is 5.74. The zero-order valence-electron chi connectivity index (χ0n) is 18.5. The van der Waals surface area contributed by atoms with E-state index in [1.807, 2.05) is 18.2 Å². The van der Waals surface area contributed by atoms with Crippen LogP contribution in [0.1, 0.15) is 23.6 Å². The molecule has 2 aromatic rings. The van der Waals surface area contributed by atoms with Crippen molar-refractivity contribution in [2.45, 2.75) is 26.6 Å². The third-order valence-corrected chi connectivity index (χ3v) is 5.07. The van der Waals surface area contributed by atoms with Gasteiger partial charge >= 0.3 is 0 Å². The molecule has 0 bridgehead atoms. The van der Waals surface area contributed by atoms with Gasteiger partial charge < -0.3 is 20.1 Å². The lowest BCUT2D eigenvalue weighted by molar-refractivity contribution is 0.0342. The van der Waals surface area contributed by atoms with Crippen LogP contribution in [0.3, 0.4) is 0 Å². The zero-order chi connectivity index (χ0) is 21.7. The van der Waals surface area contributed by atoms with Crippen molar-refractivity contribution in [3.63, 3.8) is 0 Å². The van der Waals surface area contributed by atoms with Gasteiger partial charge in [-0.05, 0) is 24.1 Å². The number of ether oxygens (including phenoxy) is 2. The fourth-order valence-corrected chi connectivity index (χ4v) is 3.40. The van der Waals surface area contributed by atoms with Crippen LogP contribution in [0.2, 0.25) is 0 Å². The van der Waals surface area contributed by atoms with E-state index in [0.29, 0.717) is 19.7 Å². The number of aliphatic imine (C=N–C) groups is 1. The summed E-state index contributed by atoms with van der Waals surface area (Å²) in [6.07, 6.45) is 1.75. The number of rotatable bonds is 10. The number of morpholine rings is 1. The molecule has 0 atom stereocenters. The smallest absolute Gasteiger partial charge is 0.191 e. The lowest BCUT2D eigenvalue weighted by atomic mass is 10.1. The van der Waals surface area contributed by atoms with E-state index in [0.717, 1.165) is 56.7 Å². The van der Waals surface area contributed by atoms with Gasteiger partial charge in [-0.2, -0.15) is 0 Å². The molecular weight excluding hydrogens is 388 g/mol. The quantitative estimate of drug-likeness (QED) is 0.349. The van der Waals surface area contributed by atoms with Gasteiger partial charge in [0, 0.05) is 38.3 Å². The van der Waals surface area contributed by atoms with Crippen molar-refractivity contribution < 1.29 is 9.47 Å². The van der Waals surface area contributed by atoms with Crippen molar-refractivity contribution in [1.82, 2.24) is 15.5 Å². The molecule has 0 aliphatic carbocycles. The SMILES string of the molecule is C=CCOc1ccccc1CNC(=NCc1ccc(CN2CCOCC2)cc1)NCC. The predicted molar refractivity (Wildman–Crippen MR) is 126 cm³/mol. The summed E-state index contributed by atoms with van der Waals surface area (Å²) in [5, 5.41) is 6.72. The summed E-state index contributed by atoms with van der Waals surface area (Å²) in [7, 11) is 0. The van der Waals surface area contributed by atoms with Crippen molar-refractivity contribution in [3.05, 3.63) is 77.9 Å². The molecule has 1 aliphatic rings. The van der Waals surface area contributed by atoms with Gasteiger partial charge in [-0.15, -0.1) is 0 Å². The Morgan fingerprint density at radius 1 is 1.10 bits per heavy atom. The lowest BCUT2D eigenvalue weighted by Gasteiger charge is -2.26. The van der Waals surface area contributed by atoms with E-state index in [9.17, 15) is 0 Å². The first-order valence-electron chi connectivity index (χ1n) is 11.0. The van der Waals surface area contributed by atoms with E-state index >= 15 is 0 Å². The van der Waals surface area contributed by atoms with E-state index in [2.05, 4.69) is 59.4 Å². The third-order valence-electron chi connectivity index (χ3n) is 5.07. The third kappa shape index (κ3) is 7.74. The Bertz CT molecular complexity index is 830. The Balaban J connectivity index is 1.55. The second kappa shape index (κ2) is 12.8. The number of hydrogen-bond acceptors (Lipinski definition) is 4. The Morgan fingerprint density at radius 3 is 2.58 bits per heavy atom. The van der Waals surface area contributed by atoms with Crippen molar-refractivity contribution >= 4 is 5.96 Å². The summed E-state index contributed by atoms with van der Waals surface area (Å²) in [5.41, 5.74) is 3.61. The molecule has 0 saturated carbocycles. The highest BCUT2D eigenvalue weighted by atomic mass is 16.5. The van der Waals surface area contributed by atoms with Gasteiger partial charge in [-0.25, -0.2) is 4.99 Å². The molecule has 2 N–H and O–H groups in total. The van der Waals surface area contributed by atoms with E-state index in [4.69, 9.17) is 14.5 Å². The minimum Gasteiger partial charge on any atom is -0.489 e. The van der Waals surface area contributed by atoms with E-state index in [1.165, 1.54) is 11.1 Å². The Morgan fingerprint density at radius 2 is 1.84 bits per heavy atom. The van der Waals surface area contributed by atoms with Crippen LogP contribution in [0, 0.1) is 0 Å². The number of nitrogens with one attached hydrogen (secondary N) is 2. The number of benzene rings is 2. The van der Waals surface area contributed by atoms with Gasteiger partial charge in [-0.3, -0.25) is 4.90 Å². The lowest BCUT2D eigenvalue weighted by Crippen LogP contribution is -2.36. The number of hydrogen-bond donors (Lipinski definition) is 2. The van der Waals surface area contributed by atoms with Crippen LogP contribution < -0.4 is 15.4 Å². The maximum Gasteiger partial charge on any atom is 0.191 e. The molecule has 1 saturated heterocycles. The summed E-state index contributed by atoms with van der Waals surface area (Å²) in [6.45, 7) is 13.0. The van der Waals surface area contributed by atoms with E-state index in [-0.39, 0.29) is 0 Å². The molecule has 2 aromatic carbocycles. The molecule has 3 rings (SSSR count). The first-order chi connectivity index (χ1) is 15.3. The monoisotopic (exact) mass is 422 g/mol. The van der Waals surface area contributed by atoms with Crippen LogP contribution in [-0.4, -0.2) is 50.3 Å². The highest BCUT2D eigenvalue weighted by molar-refractivity contribution is 5.79. The van der Waals surface area contributed by atoms with Gasteiger partial charge in [0.2, 0.25) is 0 Å². The average molecular weight is 423 g/mol. The van der Waals surface area contributed by atoms with Gasteiger partial charge in [0.1, 0.15) is 12.4 Å². The second-order valence-corrected chi connectivity index (χ2v) is 7.46. The molecule has 1 heterocycles. The van der Waals surface area contributed by atoms with Crippen molar-refractivity contribution in [2.24, 2.45) is 4.99 Å². The Hall–Kier alpha value is -2.83. The first kappa shape index (κ1) is 22.8. The zero-order valence-corrected chi connectivity index (χ0v) is 18.5. The standard InChI is InChI=1S/C25H34N4O2/c1-3-15-31-24-8-6-5-7-23(24)19-28-25(26-4-2)27-18-21-9-11-22(12-10-21)20-29-13-16-30-17-14-29/h3,5-12H,1,4,13-20H2,2H3,(H2,26,27,28). The summed E-state index contributed by atoms with van der Waals surface area (Å²) in [6, 6.07) is 16.8. The summed E-state index contributed by atoms with van der Waals surface area (Å²) in [5.74, 6) is 1.65. The molecule has 0 unspecified atom stereocenters. The molecule has 0 amide bonds. The predicted octanol–water partition coefficient (Wildman–Crippen LogP) is 3.34. The molecule has 0 aromatic heterocycles. The highest BCUT2D eigenvalue weighted by Gasteiger charge is 2.10. The van der Waals surface area contributed by atoms with Crippen LogP contribution in [0.5, 0.6) is 5.75 Å². The van der Waals surface area contributed by atoms with Crippen molar-refractivity contribution in [2.75, 3.05) is 39.5 Å². The minimum absolute atomic E-state index is 0.493. The Labute approximate surface area is 186 Å². The molecular formula is C25H34N4O2. The van der Waals surface area contributed by atoms with Crippen molar-refractivity contribution in [3.8, 4) is 5.75 Å². The fourth-order valence-electron chi connectivity index (χ4n) is 3.40. The summed E-state index contributed by atoms with van der Waals surface area (Å²) >= 11 is 0. The largest absolute Gasteiger partial charge is 0.489 e. The van der Waals surface area contributed by atoms with Gasteiger partial charge in [0.25, 0.3) is 0 Å². The molecule has 1 aliphatic heterocycles. The molecule has 6 nitrogen and oxygen atoms in total. The summed E-state index contributed by atoms with van der Waals surface area (Å²) in [4.78, 5) is 7.18. The normalized spacial score (nSPS) is 14.8. The van der Waals surface area contributed by atoms with Crippen LogP contribution in [0.25, 0.3) is 0 Å². The highest BCUT2D eigenvalue weighted by Crippen LogP contribution is 2.17. The van der Waals surface area contributed by atoms with Crippen LogP contribution in [0.15, 0.2) is 66.2 Å².